The Balaban J connectivity index is 0. The number of hydrogen-bond acceptors (Lipinski definition) is 3. The zero-order chi connectivity index (χ0) is 10.1. The third-order valence-corrected chi connectivity index (χ3v) is 1.49. The average Bonchev–Trinajstić information content (AvgIpc) is 2.10. The minimum absolute atomic E-state index is 0. The third-order valence-electron chi connectivity index (χ3n) is 1.49. The highest BCUT2D eigenvalue weighted by Gasteiger charge is 2.09. The van der Waals surface area contributed by atoms with E-state index in [0.29, 0.717) is 19.4 Å². The summed E-state index contributed by atoms with van der Waals surface area (Å²) >= 11 is 0. The first kappa shape index (κ1) is 15.0. The lowest BCUT2D eigenvalue weighted by atomic mass is 10.1. The summed E-state index contributed by atoms with van der Waals surface area (Å²) in [4.78, 5) is 12.8. The summed E-state index contributed by atoms with van der Waals surface area (Å²) in [6, 6.07) is -0.792. The second-order valence-electron chi connectivity index (χ2n) is 2.54. The van der Waals surface area contributed by atoms with Crippen molar-refractivity contribution >= 4 is 5.97 Å². The fraction of sp³-hybridized carbons (Fsp3) is 0.857. The number of aliphatic carboxylic acids is 1. The van der Waals surface area contributed by atoms with Crippen LogP contribution >= 0.6 is 0 Å². The Kier molecular flexibility index (Phi) is 10.3. The standard InChI is InChI=1S/C6H13N5O2.CH4/c7-5(6(12)13)3-1-2-4-9-11-10-8;/h5,9H,1-4,7H2,(H,12,13);1H4/t5-;/m0./s1. The zero-order valence-corrected chi connectivity index (χ0v) is 7.18. The second-order valence-corrected chi connectivity index (χ2v) is 2.54. The van der Waals surface area contributed by atoms with Crippen molar-refractivity contribution in [3.05, 3.63) is 10.4 Å². The molecule has 0 aromatic rings. The smallest absolute Gasteiger partial charge is 0.320 e. The molecule has 0 saturated heterocycles. The number of hydrogen-bond donors (Lipinski definition) is 3. The molecule has 0 saturated carbocycles. The molecule has 1 atom stereocenters. The van der Waals surface area contributed by atoms with Gasteiger partial charge in [-0.15, -0.1) is 5.53 Å². The first-order chi connectivity index (χ1) is 6.18. The van der Waals surface area contributed by atoms with Crippen molar-refractivity contribution in [2.45, 2.75) is 32.7 Å². The maximum atomic E-state index is 10.3. The van der Waals surface area contributed by atoms with E-state index >= 15 is 0 Å². The summed E-state index contributed by atoms with van der Waals surface area (Å²) in [5.74, 6) is -0.983. The predicted molar refractivity (Wildman–Crippen MR) is 53.3 cm³/mol. The molecule has 0 radical (unpaired) electrons. The fourth-order valence-corrected chi connectivity index (χ4v) is 0.773. The van der Waals surface area contributed by atoms with Gasteiger partial charge in [0.15, 0.2) is 0 Å². The number of carboxylic acids is 1. The summed E-state index contributed by atoms with van der Waals surface area (Å²) in [7, 11) is 0. The molecule has 14 heavy (non-hydrogen) atoms. The van der Waals surface area contributed by atoms with Crippen LogP contribution in [0.15, 0.2) is 5.22 Å². The van der Waals surface area contributed by atoms with Gasteiger partial charge in [-0.3, -0.25) is 10.2 Å². The van der Waals surface area contributed by atoms with Crippen molar-refractivity contribution in [3.8, 4) is 0 Å². The third kappa shape index (κ3) is 8.63. The summed E-state index contributed by atoms with van der Waals surface area (Å²) in [6.45, 7) is 0.538. The fourth-order valence-electron chi connectivity index (χ4n) is 0.773. The minimum Gasteiger partial charge on any atom is -0.480 e. The number of carboxylic acid groups (broad SMARTS) is 1. The molecular formula is C7H17N5O2. The minimum atomic E-state index is -0.983. The molecule has 0 bridgehead atoms. The van der Waals surface area contributed by atoms with Gasteiger partial charge in [0.25, 0.3) is 0 Å². The molecule has 0 amide bonds. The maximum Gasteiger partial charge on any atom is 0.320 e. The Hall–Kier alpha value is -1.46. The van der Waals surface area contributed by atoms with Gasteiger partial charge in [-0.05, 0) is 24.5 Å². The lowest BCUT2D eigenvalue weighted by Crippen LogP contribution is -2.29. The van der Waals surface area contributed by atoms with Gasteiger partial charge in [-0.25, -0.2) is 0 Å². The van der Waals surface area contributed by atoms with Crippen molar-refractivity contribution < 1.29 is 9.90 Å². The van der Waals surface area contributed by atoms with Gasteiger partial charge in [0, 0.05) is 0 Å². The Bertz CT molecular complexity index is 202. The highest BCUT2D eigenvalue weighted by Crippen LogP contribution is 1.97. The van der Waals surface area contributed by atoms with E-state index in [1.807, 2.05) is 0 Å². The number of carbonyl (C=O) groups is 1. The molecule has 0 aromatic heterocycles. The van der Waals surface area contributed by atoms with Crippen molar-refractivity contribution in [2.24, 2.45) is 11.0 Å². The molecule has 7 heteroatoms. The molecule has 0 aliphatic carbocycles. The van der Waals surface area contributed by atoms with Gasteiger partial charge in [0.2, 0.25) is 0 Å². The van der Waals surface area contributed by atoms with Crippen LogP contribution in [0.25, 0.3) is 10.4 Å². The van der Waals surface area contributed by atoms with Gasteiger partial charge >= 0.3 is 5.97 Å². The molecule has 0 heterocycles. The molecule has 0 aliphatic rings. The topological polar surface area (TPSA) is 124 Å². The van der Waals surface area contributed by atoms with E-state index in [0.717, 1.165) is 6.42 Å². The molecule has 4 N–H and O–H groups in total. The van der Waals surface area contributed by atoms with Gasteiger partial charge in [0.1, 0.15) is 6.04 Å². The van der Waals surface area contributed by atoms with Crippen molar-refractivity contribution in [1.29, 1.82) is 0 Å². The van der Waals surface area contributed by atoms with Gasteiger partial charge in [0.05, 0.1) is 6.54 Å². The summed E-state index contributed by atoms with van der Waals surface area (Å²) in [6.07, 6.45) is 1.87. The van der Waals surface area contributed by atoms with E-state index < -0.39 is 12.0 Å². The van der Waals surface area contributed by atoms with Gasteiger partial charge < -0.3 is 10.8 Å². The van der Waals surface area contributed by atoms with Crippen LogP contribution in [0.1, 0.15) is 26.7 Å². The van der Waals surface area contributed by atoms with E-state index in [2.05, 4.69) is 15.6 Å². The molecule has 0 aromatic carbocycles. The highest BCUT2D eigenvalue weighted by atomic mass is 16.4. The Morgan fingerprint density at radius 3 is 2.79 bits per heavy atom. The van der Waals surface area contributed by atoms with Crippen LogP contribution in [0.3, 0.4) is 0 Å². The van der Waals surface area contributed by atoms with Crippen LogP contribution in [0, 0.1) is 0 Å². The molecule has 0 rings (SSSR count). The Morgan fingerprint density at radius 2 is 2.29 bits per heavy atom. The zero-order valence-electron chi connectivity index (χ0n) is 7.18. The molecule has 0 spiro atoms. The maximum absolute atomic E-state index is 10.3. The number of nitrogens with zero attached hydrogens (tertiary/aromatic N) is 3. The largest absolute Gasteiger partial charge is 0.480 e. The molecule has 82 valence electrons. The molecule has 7 nitrogen and oxygen atoms in total. The first-order valence-electron chi connectivity index (χ1n) is 3.94. The van der Waals surface area contributed by atoms with E-state index in [9.17, 15) is 4.79 Å². The molecule has 0 aliphatic heterocycles. The molecule has 0 fully saturated rings. The van der Waals surface area contributed by atoms with Crippen LogP contribution < -0.4 is 11.2 Å². The predicted octanol–water partition coefficient (Wildman–Crippen LogP) is 1.02. The van der Waals surface area contributed by atoms with Crippen LogP contribution in [0.2, 0.25) is 0 Å². The van der Waals surface area contributed by atoms with E-state index in [1.54, 1.807) is 0 Å². The number of nitrogens with one attached hydrogen (secondary N) is 1. The van der Waals surface area contributed by atoms with Crippen molar-refractivity contribution in [2.75, 3.05) is 6.54 Å². The number of unbranched alkanes of at least 4 members (excludes halogenated alkanes) is 1. The van der Waals surface area contributed by atoms with E-state index in [4.69, 9.17) is 16.4 Å². The summed E-state index contributed by atoms with van der Waals surface area (Å²) in [5.41, 5.74) is 15.6. The highest BCUT2D eigenvalue weighted by molar-refractivity contribution is 5.72. The Labute approximate surface area is 82.9 Å². The van der Waals surface area contributed by atoms with E-state index in [1.165, 1.54) is 0 Å². The van der Waals surface area contributed by atoms with Crippen molar-refractivity contribution in [3.63, 3.8) is 0 Å². The lowest BCUT2D eigenvalue weighted by molar-refractivity contribution is -0.138. The second kappa shape index (κ2) is 9.63. The SMILES string of the molecule is C.[N-]=[N+]=NNCCCC[C@H](N)C(=O)O. The quantitative estimate of drug-likeness (QED) is 0.188. The van der Waals surface area contributed by atoms with Crippen LogP contribution in [-0.2, 0) is 4.79 Å². The monoisotopic (exact) mass is 203 g/mol. The van der Waals surface area contributed by atoms with Crippen LogP contribution in [-0.4, -0.2) is 23.7 Å². The number of nitrogens with two attached hydrogens (primary N) is 1. The number of azide groups is 1. The summed E-state index contributed by atoms with van der Waals surface area (Å²) in [5, 5.41) is 11.5. The normalized spacial score (nSPS) is 10.6. The van der Waals surface area contributed by atoms with Crippen LogP contribution in [0.4, 0.5) is 0 Å². The van der Waals surface area contributed by atoms with Crippen molar-refractivity contribution in [1.82, 2.24) is 5.43 Å². The van der Waals surface area contributed by atoms with Gasteiger partial charge in [-0.1, -0.05) is 7.43 Å². The van der Waals surface area contributed by atoms with Crippen LogP contribution in [0.5, 0.6) is 0 Å². The van der Waals surface area contributed by atoms with E-state index in [-0.39, 0.29) is 7.43 Å². The lowest BCUT2D eigenvalue weighted by Gasteiger charge is -2.04. The average molecular weight is 203 g/mol. The number of rotatable bonds is 7. The molecule has 0 unspecified atom stereocenters. The summed E-state index contributed by atoms with van der Waals surface area (Å²) < 4.78 is 0. The van der Waals surface area contributed by atoms with Gasteiger partial charge in [-0.2, -0.15) is 4.91 Å². The Morgan fingerprint density at radius 1 is 1.64 bits per heavy atom. The molecular weight excluding hydrogens is 186 g/mol. The first-order valence-corrected chi connectivity index (χ1v) is 3.94.